The molecule has 0 bridgehead atoms. The Labute approximate surface area is 90.2 Å². The van der Waals surface area contributed by atoms with Crippen LogP contribution in [0.5, 0.6) is 0 Å². The smallest absolute Gasteiger partial charge is 0.378 e. The number of nitrogens with two attached hydrogens (primary N) is 1. The van der Waals surface area contributed by atoms with Gasteiger partial charge in [-0.2, -0.15) is 22.0 Å². The van der Waals surface area contributed by atoms with Crippen LogP contribution < -0.4 is 5.73 Å². The van der Waals surface area contributed by atoms with Crippen molar-refractivity contribution < 1.29 is 26.9 Å². The summed E-state index contributed by atoms with van der Waals surface area (Å²) in [5, 5.41) is 10.3. The number of hydrogen-bond donors (Lipinski definition) is 1. The molecule has 0 aliphatic rings. The summed E-state index contributed by atoms with van der Waals surface area (Å²) in [6.07, 6.45) is -5.84. The summed E-state index contributed by atoms with van der Waals surface area (Å²) >= 11 is 0. The van der Waals surface area contributed by atoms with Crippen LogP contribution in [0, 0.1) is 10.1 Å². The maximum absolute atomic E-state index is 12.8. The van der Waals surface area contributed by atoms with E-state index in [2.05, 4.69) is 4.98 Å². The molecule has 0 aliphatic heterocycles. The molecular formula is C7H4F5N3O2. The normalized spacial score (nSPS) is 12.5. The average Bonchev–Trinajstić information content (AvgIpc) is 2.14. The monoisotopic (exact) mass is 257 g/mol. The Morgan fingerprint density at radius 3 is 2.12 bits per heavy atom. The fourth-order valence-electron chi connectivity index (χ4n) is 0.942. The van der Waals surface area contributed by atoms with Crippen molar-refractivity contribution >= 4 is 11.5 Å². The molecule has 0 radical (unpaired) electrons. The van der Waals surface area contributed by atoms with Crippen LogP contribution >= 0.6 is 0 Å². The number of pyridine rings is 1. The molecule has 17 heavy (non-hydrogen) atoms. The Kier molecular flexibility index (Phi) is 2.91. The van der Waals surface area contributed by atoms with Crippen LogP contribution in [0.2, 0.25) is 0 Å². The van der Waals surface area contributed by atoms with E-state index >= 15 is 0 Å². The van der Waals surface area contributed by atoms with Gasteiger partial charge in [-0.1, -0.05) is 0 Å². The first kappa shape index (κ1) is 13.1. The van der Waals surface area contributed by atoms with Gasteiger partial charge in [-0.3, -0.25) is 10.1 Å². The molecular weight excluding hydrogens is 253 g/mol. The molecule has 2 N–H and O–H groups in total. The van der Waals surface area contributed by atoms with Crippen molar-refractivity contribution in [3.05, 3.63) is 27.9 Å². The minimum absolute atomic E-state index is 0.210. The fourth-order valence-corrected chi connectivity index (χ4v) is 0.942. The lowest BCUT2D eigenvalue weighted by Gasteiger charge is -2.18. The summed E-state index contributed by atoms with van der Waals surface area (Å²) < 4.78 is 61.4. The number of nitrogens with zero attached hydrogens (tertiary/aromatic N) is 2. The van der Waals surface area contributed by atoms with E-state index < -0.39 is 34.2 Å². The van der Waals surface area contributed by atoms with Crippen LogP contribution in [0.1, 0.15) is 5.69 Å². The highest BCUT2D eigenvalue weighted by Crippen LogP contribution is 2.43. The number of halogens is 5. The molecule has 0 spiro atoms. The Bertz CT molecular complexity index is 459. The quantitative estimate of drug-likeness (QED) is 0.500. The second-order valence-electron chi connectivity index (χ2n) is 2.93. The summed E-state index contributed by atoms with van der Waals surface area (Å²) in [5.41, 5.74) is 2.38. The fraction of sp³-hybridized carbons (Fsp3) is 0.286. The highest BCUT2D eigenvalue weighted by atomic mass is 19.4. The second-order valence-corrected chi connectivity index (χ2v) is 2.93. The van der Waals surface area contributed by atoms with Crippen LogP contribution in [0.3, 0.4) is 0 Å². The number of alkyl halides is 5. The van der Waals surface area contributed by atoms with E-state index in [-0.39, 0.29) is 6.07 Å². The zero-order chi connectivity index (χ0) is 13.4. The van der Waals surface area contributed by atoms with Crippen molar-refractivity contribution in [1.82, 2.24) is 4.98 Å². The van der Waals surface area contributed by atoms with E-state index in [1.807, 2.05) is 0 Å². The zero-order valence-corrected chi connectivity index (χ0v) is 7.83. The molecule has 0 aliphatic carbocycles. The molecule has 10 heteroatoms. The molecule has 0 aromatic carbocycles. The van der Waals surface area contributed by atoms with Gasteiger partial charge in [-0.15, -0.1) is 0 Å². The van der Waals surface area contributed by atoms with Crippen molar-refractivity contribution in [2.75, 3.05) is 5.73 Å². The standard InChI is InChI=1S/C7H4F5N3O2/c8-6(9,7(10,11)12)4-2-1-3(15(16)17)5(13)14-4/h1-2H,(H2,13,14). The summed E-state index contributed by atoms with van der Waals surface area (Å²) in [4.78, 5) is 11.9. The molecule has 0 unspecified atom stereocenters. The first-order chi connectivity index (χ1) is 7.57. The average molecular weight is 257 g/mol. The predicted octanol–water partition coefficient (Wildman–Crippen LogP) is 2.23. The summed E-state index contributed by atoms with van der Waals surface area (Å²) in [7, 11) is 0. The molecule has 0 atom stereocenters. The lowest BCUT2D eigenvalue weighted by molar-refractivity contribution is -0.384. The van der Waals surface area contributed by atoms with Gasteiger partial charge in [0.25, 0.3) is 0 Å². The van der Waals surface area contributed by atoms with E-state index in [9.17, 15) is 32.1 Å². The van der Waals surface area contributed by atoms with Gasteiger partial charge in [0.05, 0.1) is 4.92 Å². The molecule has 0 saturated carbocycles. The summed E-state index contributed by atoms with van der Waals surface area (Å²) in [5.74, 6) is -6.22. The summed E-state index contributed by atoms with van der Waals surface area (Å²) in [6.45, 7) is 0. The number of nitrogen functional groups attached to an aromatic ring is 1. The van der Waals surface area contributed by atoms with Crippen LogP contribution in [-0.4, -0.2) is 16.1 Å². The van der Waals surface area contributed by atoms with Crippen molar-refractivity contribution in [2.24, 2.45) is 0 Å². The number of rotatable bonds is 2. The molecule has 0 saturated heterocycles. The topological polar surface area (TPSA) is 82.0 Å². The molecule has 0 amide bonds. The van der Waals surface area contributed by atoms with Crippen molar-refractivity contribution in [3.8, 4) is 0 Å². The first-order valence-electron chi connectivity index (χ1n) is 3.93. The lowest BCUT2D eigenvalue weighted by Crippen LogP contribution is -2.34. The van der Waals surface area contributed by atoms with Gasteiger partial charge in [0.2, 0.25) is 5.82 Å². The van der Waals surface area contributed by atoms with Gasteiger partial charge >= 0.3 is 17.8 Å². The second kappa shape index (κ2) is 3.79. The maximum Gasteiger partial charge on any atom is 0.459 e. The van der Waals surface area contributed by atoms with E-state index in [1.165, 1.54) is 0 Å². The van der Waals surface area contributed by atoms with Crippen LogP contribution in [0.25, 0.3) is 0 Å². The van der Waals surface area contributed by atoms with Crippen molar-refractivity contribution in [1.29, 1.82) is 0 Å². The number of aromatic nitrogens is 1. The van der Waals surface area contributed by atoms with E-state index in [1.54, 1.807) is 0 Å². The van der Waals surface area contributed by atoms with Gasteiger partial charge in [-0.05, 0) is 6.07 Å². The Balaban J connectivity index is 3.28. The number of hydrogen-bond acceptors (Lipinski definition) is 4. The maximum atomic E-state index is 12.8. The molecule has 1 rings (SSSR count). The van der Waals surface area contributed by atoms with E-state index in [0.717, 1.165) is 0 Å². The Morgan fingerprint density at radius 2 is 1.76 bits per heavy atom. The minimum atomic E-state index is -5.84. The minimum Gasteiger partial charge on any atom is -0.378 e. The van der Waals surface area contributed by atoms with Gasteiger partial charge in [-0.25, -0.2) is 4.98 Å². The van der Waals surface area contributed by atoms with Crippen LogP contribution in [0.4, 0.5) is 33.5 Å². The van der Waals surface area contributed by atoms with Crippen molar-refractivity contribution in [2.45, 2.75) is 12.1 Å². The predicted molar refractivity (Wildman–Crippen MR) is 45.3 cm³/mol. The van der Waals surface area contributed by atoms with E-state index in [4.69, 9.17) is 5.73 Å². The van der Waals surface area contributed by atoms with Gasteiger partial charge in [0, 0.05) is 6.07 Å². The highest BCUT2D eigenvalue weighted by Gasteiger charge is 2.60. The molecule has 5 nitrogen and oxygen atoms in total. The highest BCUT2D eigenvalue weighted by molar-refractivity contribution is 5.52. The Hall–Kier alpha value is -2.00. The molecule has 1 aromatic heterocycles. The summed E-state index contributed by atoms with van der Waals surface area (Å²) in [6, 6.07) is 0.652. The Morgan fingerprint density at radius 1 is 1.24 bits per heavy atom. The number of anilines is 1. The molecule has 94 valence electrons. The number of nitro groups is 1. The van der Waals surface area contributed by atoms with Crippen LogP contribution in [0.15, 0.2) is 12.1 Å². The van der Waals surface area contributed by atoms with Crippen LogP contribution in [-0.2, 0) is 5.92 Å². The SMILES string of the molecule is Nc1nc(C(F)(F)C(F)(F)F)ccc1[N+](=O)[O-]. The molecule has 0 fully saturated rings. The lowest BCUT2D eigenvalue weighted by atomic mass is 10.2. The first-order valence-corrected chi connectivity index (χ1v) is 3.93. The largest absolute Gasteiger partial charge is 0.459 e. The third-order valence-corrected chi connectivity index (χ3v) is 1.78. The third-order valence-electron chi connectivity index (χ3n) is 1.78. The third kappa shape index (κ3) is 2.24. The zero-order valence-electron chi connectivity index (χ0n) is 7.83. The van der Waals surface area contributed by atoms with Gasteiger partial charge < -0.3 is 5.73 Å². The van der Waals surface area contributed by atoms with E-state index in [0.29, 0.717) is 6.07 Å². The molecule has 1 aromatic rings. The molecule has 1 heterocycles. The van der Waals surface area contributed by atoms with Crippen molar-refractivity contribution in [3.63, 3.8) is 0 Å². The van der Waals surface area contributed by atoms with Gasteiger partial charge in [0.1, 0.15) is 5.69 Å². The van der Waals surface area contributed by atoms with Gasteiger partial charge in [0.15, 0.2) is 0 Å².